The highest BCUT2D eigenvalue weighted by molar-refractivity contribution is 4.91. The number of hydrogen-bond acceptors (Lipinski definition) is 3. The van der Waals surface area contributed by atoms with Gasteiger partial charge in [-0.25, -0.2) is 0 Å². The lowest BCUT2D eigenvalue weighted by atomic mass is 10.0. The molecule has 0 bridgehead atoms. The van der Waals surface area contributed by atoms with Crippen molar-refractivity contribution in [2.45, 2.75) is 70.1 Å². The maximum atomic E-state index is 10.4. The van der Waals surface area contributed by atoms with Gasteiger partial charge in [-0.2, -0.15) is 0 Å². The van der Waals surface area contributed by atoms with E-state index in [1.54, 1.807) is 7.11 Å². The Balaban J connectivity index is 1.99. The number of hydrogen-bond donors (Lipinski definition) is 1. The predicted molar refractivity (Wildman–Crippen MR) is 73.6 cm³/mol. The molecule has 0 aromatic heterocycles. The van der Waals surface area contributed by atoms with Gasteiger partial charge in [-0.05, 0) is 38.5 Å². The zero-order valence-electron chi connectivity index (χ0n) is 12.0. The van der Waals surface area contributed by atoms with Gasteiger partial charge >= 0.3 is 0 Å². The summed E-state index contributed by atoms with van der Waals surface area (Å²) in [6.45, 7) is 4.08. The number of rotatable bonds is 6. The first-order valence-electron chi connectivity index (χ1n) is 7.66. The quantitative estimate of drug-likeness (QED) is 0.740. The van der Waals surface area contributed by atoms with Crippen LogP contribution in [0.1, 0.15) is 51.9 Å². The lowest BCUT2D eigenvalue weighted by Gasteiger charge is -2.38. The van der Waals surface area contributed by atoms with Crippen LogP contribution in [0.15, 0.2) is 0 Å². The number of nitrogens with zero attached hydrogens (tertiary/aromatic N) is 1. The zero-order valence-corrected chi connectivity index (χ0v) is 12.0. The molecule has 2 aliphatic carbocycles. The molecule has 0 amide bonds. The van der Waals surface area contributed by atoms with E-state index < -0.39 is 0 Å². The molecular formula is C15H29NO2. The van der Waals surface area contributed by atoms with Crippen LogP contribution < -0.4 is 0 Å². The predicted octanol–water partition coefficient (Wildman–Crippen LogP) is 2.43. The second-order valence-corrected chi connectivity index (χ2v) is 6.08. The minimum Gasteiger partial charge on any atom is -0.391 e. The topological polar surface area (TPSA) is 32.7 Å². The second-order valence-electron chi connectivity index (χ2n) is 6.08. The summed E-state index contributed by atoms with van der Waals surface area (Å²) in [6.07, 6.45) is 8.47. The van der Waals surface area contributed by atoms with Crippen LogP contribution in [0.4, 0.5) is 0 Å². The summed E-state index contributed by atoms with van der Waals surface area (Å²) in [4.78, 5) is 2.54. The molecule has 106 valence electrons. The highest BCUT2D eigenvalue weighted by Gasteiger charge is 2.37. The fourth-order valence-corrected chi connectivity index (χ4v) is 3.37. The van der Waals surface area contributed by atoms with Crippen LogP contribution in [0.5, 0.6) is 0 Å². The Morgan fingerprint density at radius 3 is 2.56 bits per heavy atom. The van der Waals surface area contributed by atoms with E-state index in [9.17, 15) is 5.11 Å². The van der Waals surface area contributed by atoms with Crippen molar-refractivity contribution in [3.05, 3.63) is 0 Å². The SMILES string of the molecule is COCCN(C(C)C1CC1)C1CCCCCC1O. The molecule has 0 saturated heterocycles. The van der Waals surface area contributed by atoms with E-state index in [1.807, 2.05) is 0 Å². The Morgan fingerprint density at radius 1 is 1.17 bits per heavy atom. The molecule has 0 heterocycles. The Morgan fingerprint density at radius 2 is 1.89 bits per heavy atom. The van der Waals surface area contributed by atoms with E-state index in [2.05, 4.69) is 11.8 Å². The summed E-state index contributed by atoms with van der Waals surface area (Å²) in [5, 5.41) is 10.4. The van der Waals surface area contributed by atoms with Crippen molar-refractivity contribution in [3.63, 3.8) is 0 Å². The van der Waals surface area contributed by atoms with Crippen molar-refractivity contribution in [2.75, 3.05) is 20.3 Å². The van der Waals surface area contributed by atoms with Gasteiger partial charge in [-0.15, -0.1) is 0 Å². The van der Waals surface area contributed by atoms with Crippen LogP contribution >= 0.6 is 0 Å². The number of ether oxygens (including phenoxy) is 1. The van der Waals surface area contributed by atoms with Crippen LogP contribution in [-0.2, 0) is 4.74 Å². The van der Waals surface area contributed by atoms with E-state index in [0.717, 1.165) is 31.9 Å². The molecule has 0 aromatic carbocycles. The van der Waals surface area contributed by atoms with Gasteiger partial charge in [0.15, 0.2) is 0 Å². The normalized spacial score (nSPS) is 31.3. The number of aliphatic hydroxyl groups is 1. The van der Waals surface area contributed by atoms with Crippen LogP contribution in [0.3, 0.4) is 0 Å². The lowest BCUT2D eigenvalue weighted by molar-refractivity contribution is 0.00458. The van der Waals surface area contributed by atoms with Gasteiger partial charge in [0.05, 0.1) is 12.7 Å². The highest BCUT2D eigenvalue weighted by atomic mass is 16.5. The zero-order chi connectivity index (χ0) is 13.0. The molecule has 2 saturated carbocycles. The average Bonchev–Trinajstić information content (AvgIpc) is 3.18. The average molecular weight is 255 g/mol. The monoisotopic (exact) mass is 255 g/mol. The molecule has 2 fully saturated rings. The van der Waals surface area contributed by atoms with E-state index in [-0.39, 0.29) is 6.10 Å². The van der Waals surface area contributed by atoms with Gasteiger partial charge in [-0.1, -0.05) is 19.3 Å². The van der Waals surface area contributed by atoms with E-state index in [0.29, 0.717) is 12.1 Å². The summed E-state index contributed by atoms with van der Waals surface area (Å²) in [5.74, 6) is 0.859. The minimum atomic E-state index is -0.134. The first-order chi connectivity index (χ1) is 8.74. The Labute approximate surface area is 112 Å². The maximum Gasteiger partial charge on any atom is 0.0695 e. The van der Waals surface area contributed by atoms with Gasteiger partial charge < -0.3 is 9.84 Å². The summed E-state index contributed by atoms with van der Waals surface area (Å²) in [7, 11) is 1.77. The summed E-state index contributed by atoms with van der Waals surface area (Å²) in [5.41, 5.74) is 0. The van der Waals surface area contributed by atoms with Gasteiger partial charge in [0.25, 0.3) is 0 Å². The molecular weight excluding hydrogens is 226 g/mol. The number of aliphatic hydroxyl groups excluding tert-OH is 1. The highest BCUT2D eigenvalue weighted by Crippen LogP contribution is 2.37. The third kappa shape index (κ3) is 3.69. The molecule has 3 unspecified atom stereocenters. The van der Waals surface area contributed by atoms with Crippen molar-refractivity contribution in [1.82, 2.24) is 4.90 Å². The van der Waals surface area contributed by atoms with Crippen molar-refractivity contribution in [1.29, 1.82) is 0 Å². The van der Waals surface area contributed by atoms with Crippen molar-refractivity contribution < 1.29 is 9.84 Å². The number of methoxy groups -OCH3 is 1. The lowest BCUT2D eigenvalue weighted by Crippen LogP contribution is -2.49. The van der Waals surface area contributed by atoms with E-state index >= 15 is 0 Å². The Bertz CT molecular complexity index is 243. The van der Waals surface area contributed by atoms with Crippen LogP contribution in [-0.4, -0.2) is 48.5 Å². The van der Waals surface area contributed by atoms with Crippen LogP contribution in [0.2, 0.25) is 0 Å². The molecule has 0 radical (unpaired) electrons. The maximum absolute atomic E-state index is 10.4. The largest absolute Gasteiger partial charge is 0.391 e. The molecule has 3 atom stereocenters. The summed E-state index contributed by atoms with van der Waals surface area (Å²) >= 11 is 0. The minimum absolute atomic E-state index is 0.134. The standard InChI is InChI=1S/C15H29NO2/c1-12(13-8-9-13)16(10-11-18-2)14-6-4-3-5-7-15(14)17/h12-15,17H,3-11H2,1-2H3. The van der Waals surface area contributed by atoms with E-state index in [4.69, 9.17) is 4.74 Å². The Kier molecular flexibility index (Phi) is 5.46. The molecule has 2 rings (SSSR count). The molecule has 1 N–H and O–H groups in total. The van der Waals surface area contributed by atoms with Crippen LogP contribution in [0.25, 0.3) is 0 Å². The molecule has 2 aliphatic rings. The summed E-state index contributed by atoms with van der Waals surface area (Å²) in [6, 6.07) is 0.969. The third-order valence-electron chi connectivity index (χ3n) is 4.75. The first kappa shape index (κ1) is 14.3. The second kappa shape index (κ2) is 6.88. The van der Waals surface area contributed by atoms with Gasteiger partial charge in [-0.3, -0.25) is 4.90 Å². The van der Waals surface area contributed by atoms with Crippen LogP contribution in [0, 0.1) is 5.92 Å². The van der Waals surface area contributed by atoms with Gasteiger partial charge in [0.2, 0.25) is 0 Å². The molecule has 0 spiro atoms. The fourth-order valence-electron chi connectivity index (χ4n) is 3.37. The molecule has 3 heteroatoms. The van der Waals surface area contributed by atoms with Crippen molar-refractivity contribution >= 4 is 0 Å². The smallest absolute Gasteiger partial charge is 0.0695 e. The van der Waals surface area contributed by atoms with Gasteiger partial charge in [0.1, 0.15) is 0 Å². The molecule has 0 aromatic rings. The molecule has 0 aliphatic heterocycles. The van der Waals surface area contributed by atoms with Gasteiger partial charge in [0, 0.05) is 25.7 Å². The first-order valence-corrected chi connectivity index (χ1v) is 7.66. The van der Waals surface area contributed by atoms with Crippen molar-refractivity contribution in [3.8, 4) is 0 Å². The van der Waals surface area contributed by atoms with E-state index in [1.165, 1.54) is 32.1 Å². The van der Waals surface area contributed by atoms with Crippen molar-refractivity contribution in [2.24, 2.45) is 5.92 Å². The third-order valence-corrected chi connectivity index (χ3v) is 4.75. The Hall–Kier alpha value is -0.120. The summed E-state index contributed by atoms with van der Waals surface area (Å²) < 4.78 is 5.26. The fraction of sp³-hybridized carbons (Fsp3) is 1.00. The molecule has 18 heavy (non-hydrogen) atoms. The molecule has 3 nitrogen and oxygen atoms in total.